The lowest BCUT2D eigenvalue weighted by molar-refractivity contribution is 0.327. The van der Waals surface area contributed by atoms with Gasteiger partial charge in [-0.25, -0.2) is 4.98 Å². The predicted octanol–water partition coefficient (Wildman–Crippen LogP) is 4.53. The van der Waals surface area contributed by atoms with Gasteiger partial charge in [0.05, 0.1) is 4.47 Å². The molecule has 2 rings (SSSR count). The highest BCUT2D eigenvalue weighted by Crippen LogP contribution is 2.30. The summed E-state index contributed by atoms with van der Waals surface area (Å²) in [6.45, 7) is 4.36. The van der Waals surface area contributed by atoms with Crippen LogP contribution in [0.25, 0.3) is 0 Å². The molecule has 2 nitrogen and oxygen atoms in total. The fourth-order valence-electron chi connectivity index (χ4n) is 2.63. The van der Waals surface area contributed by atoms with Crippen molar-refractivity contribution in [2.75, 3.05) is 5.32 Å². The van der Waals surface area contributed by atoms with Crippen LogP contribution in [0.3, 0.4) is 0 Å². The van der Waals surface area contributed by atoms with Crippen molar-refractivity contribution in [1.82, 2.24) is 4.98 Å². The Labute approximate surface area is 112 Å². The Bertz CT molecular complexity index is 378. The summed E-state index contributed by atoms with van der Waals surface area (Å²) < 4.78 is 1.08. The van der Waals surface area contributed by atoms with Crippen molar-refractivity contribution in [3.63, 3.8) is 0 Å². The monoisotopic (exact) mass is 296 g/mol. The van der Waals surface area contributed by atoms with Gasteiger partial charge in [0.1, 0.15) is 5.82 Å². The molecule has 94 valence electrons. The molecule has 1 fully saturated rings. The van der Waals surface area contributed by atoms with Crippen LogP contribution in [0.1, 0.15) is 44.6 Å². The number of nitrogens with one attached hydrogen (secondary N) is 1. The van der Waals surface area contributed by atoms with Crippen molar-refractivity contribution in [3.8, 4) is 0 Å². The van der Waals surface area contributed by atoms with Crippen LogP contribution in [-0.4, -0.2) is 11.0 Å². The third-order valence-electron chi connectivity index (χ3n) is 3.68. The van der Waals surface area contributed by atoms with Crippen LogP contribution in [0.2, 0.25) is 0 Å². The summed E-state index contributed by atoms with van der Waals surface area (Å²) in [5.41, 5.74) is 1.19. The summed E-state index contributed by atoms with van der Waals surface area (Å²) >= 11 is 3.58. The minimum Gasteiger partial charge on any atom is -0.366 e. The maximum absolute atomic E-state index is 4.46. The fourth-order valence-corrected chi connectivity index (χ4v) is 3.20. The second-order valence-electron chi connectivity index (χ2n) is 5.13. The van der Waals surface area contributed by atoms with E-state index >= 15 is 0 Å². The van der Waals surface area contributed by atoms with Gasteiger partial charge < -0.3 is 5.32 Å². The van der Waals surface area contributed by atoms with Gasteiger partial charge in [-0.1, -0.05) is 26.2 Å². The maximum atomic E-state index is 4.46. The third kappa shape index (κ3) is 3.44. The van der Waals surface area contributed by atoms with Crippen molar-refractivity contribution >= 4 is 21.7 Å². The maximum Gasteiger partial charge on any atom is 0.140 e. The zero-order valence-electron chi connectivity index (χ0n) is 10.7. The number of aromatic nitrogens is 1. The molecule has 3 heteroatoms. The number of rotatable bonds is 3. The summed E-state index contributed by atoms with van der Waals surface area (Å²) in [7, 11) is 0. The van der Waals surface area contributed by atoms with Crippen molar-refractivity contribution in [2.24, 2.45) is 5.92 Å². The molecule has 1 heterocycles. The largest absolute Gasteiger partial charge is 0.366 e. The van der Waals surface area contributed by atoms with Crippen LogP contribution in [0.5, 0.6) is 0 Å². The van der Waals surface area contributed by atoms with Crippen molar-refractivity contribution in [3.05, 3.63) is 22.3 Å². The minimum absolute atomic E-state index is 0.597. The number of halogens is 1. The molecule has 1 aromatic rings. The SMILES string of the molecule is CCC1CCCC(Nc2ncc(C)cc2Br)C1. The normalized spacial score (nSPS) is 24.6. The molecule has 0 spiro atoms. The van der Waals surface area contributed by atoms with E-state index in [1.54, 1.807) is 0 Å². The number of aryl methyl sites for hydroxylation is 1. The molecule has 2 unspecified atom stereocenters. The molecular weight excluding hydrogens is 276 g/mol. The minimum atomic E-state index is 0.597. The third-order valence-corrected chi connectivity index (χ3v) is 4.28. The van der Waals surface area contributed by atoms with Crippen molar-refractivity contribution in [1.29, 1.82) is 0 Å². The summed E-state index contributed by atoms with van der Waals surface area (Å²) in [6, 6.07) is 2.72. The standard InChI is InChI=1S/C14H21BrN2/c1-3-11-5-4-6-12(8-11)17-14-13(15)7-10(2)9-16-14/h7,9,11-12H,3-6,8H2,1-2H3,(H,16,17). The van der Waals surface area contributed by atoms with E-state index in [0.717, 1.165) is 16.2 Å². The smallest absolute Gasteiger partial charge is 0.140 e. The van der Waals surface area contributed by atoms with Crippen LogP contribution in [0.4, 0.5) is 5.82 Å². The molecule has 0 bridgehead atoms. The van der Waals surface area contributed by atoms with Gasteiger partial charge in [0.2, 0.25) is 0 Å². The lowest BCUT2D eigenvalue weighted by atomic mass is 9.84. The summed E-state index contributed by atoms with van der Waals surface area (Å²) in [5, 5.41) is 3.58. The average Bonchev–Trinajstić information content (AvgIpc) is 2.33. The Morgan fingerprint density at radius 2 is 2.29 bits per heavy atom. The van der Waals surface area contributed by atoms with Crippen LogP contribution < -0.4 is 5.32 Å². The topological polar surface area (TPSA) is 24.9 Å². The van der Waals surface area contributed by atoms with Gasteiger partial charge in [-0.2, -0.15) is 0 Å². The fraction of sp³-hybridized carbons (Fsp3) is 0.643. The van der Waals surface area contributed by atoms with Crippen LogP contribution >= 0.6 is 15.9 Å². The molecule has 0 radical (unpaired) electrons. The number of anilines is 1. The Morgan fingerprint density at radius 1 is 1.47 bits per heavy atom. The highest BCUT2D eigenvalue weighted by Gasteiger charge is 2.21. The number of hydrogen-bond donors (Lipinski definition) is 1. The second-order valence-corrected chi connectivity index (χ2v) is 5.98. The molecule has 0 amide bonds. The Kier molecular flexibility index (Phi) is 4.43. The Morgan fingerprint density at radius 3 is 3.00 bits per heavy atom. The number of nitrogens with zero attached hydrogens (tertiary/aromatic N) is 1. The van der Waals surface area contributed by atoms with Gasteiger partial charge >= 0.3 is 0 Å². The first-order valence-electron chi connectivity index (χ1n) is 6.57. The van der Waals surface area contributed by atoms with Gasteiger partial charge in [-0.15, -0.1) is 0 Å². The molecule has 2 atom stereocenters. The summed E-state index contributed by atoms with van der Waals surface area (Å²) in [5.74, 6) is 1.89. The van der Waals surface area contributed by atoms with Crippen molar-refractivity contribution in [2.45, 2.75) is 52.0 Å². The Balaban J connectivity index is 2.00. The van der Waals surface area contributed by atoms with Gasteiger partial charge in [-0.3, -0.25) is 0 Å². The first-order chi connectivity index (χ1) is 8.19. The molecule has 1 aliphatic rings. The van der Waals surface area contributed by atoms with E-state index in [9.17, 15) is 0 Å². The molecule has 0 aliphatic heterocycles. The van der Waals surface area contributed by atoms with Gasteiger partial charge in [-0.05, 0) is 53.2 Å². The zero-order valence-corrected chi connectivity index (χ0v) is 12.3. The lowest BCUT2D eigenvalue weighted by Gasteiger charge is -2.29. The van der Waals surface area contributed by atoms with E-state index in [4.69, 9.17) is 0 Å². The molecule has 17 heavy (non-hydrogen) atoms. The lowest BCUT2D eigenvalue weighted by Crippen LogP contribution is -2.27. The quantitative estimate of drug-likeness (QED) is 0.886. The molecular formula is C14H21BrN2. The highest BCUT2D eigenvalue weighted by atomic mass is 79.9. The average molecular weight is 297 g/mol. The van der Waals surface area contributed by atoms with E-state index in [-0.39, 0.29) is 0 Å². The first-order valence-corrected chi connectivity index (χ1v) is 7.37. The van der Waals surface area contributed by atoms with E-state index in [2.05, 4.69) is 46.1 Å². The molecule has 1 aliphatic carbocycles. The summed E-state index contributed by atoms with van der Waals surface area (Å²) in [6.07, 6.45) is 8.54. The first kappa shape index (κ1) is 12.9. The molecule has 1 N–H and O–H groups in total. The summed E-state index contributed by atoms with van der Waals surface area (Å²) in [4.78, 5) is 4.46. The molecule has 0 aromatic carbocycles. The number of pyridine rings is 1. The number of hydrogen-bond acceptors (Lipinski definition) is 2. The van der Waals surface area contributed by atoms with Crippen LogP contribution in [0.15, 0.2) is 16.7 Å². The van der Waals surface area contributed by atoms with E-state index in [1.165, 1.54) is 37.7 Å². The molecule has 0 saturated heterocycles. The van der Waals surface area contributed by atoms with E-state index in [1.807, 2.05) is 6.20 Å². The second kappa shape index (κ2) is 5.85. The highest BCUT2D eigenvalue weighted by molar-refractivity contribution is 9.10. The van der Waals surface area contributed by atoms with E-state index < -0.39 is 0 Å². The Hall–Kier alpha value is -0.570. The van der Waals surface area contributed by atoms with Gasteiger partial charge in [0, 0.05) is 12.2 Å². The molecule has 1 aromatic heterocycles. The molecule has 1 saturated carbocycles. The van der Waals surface area contributed by atoms with Crippen molar-refractivity contribution < 1.29 is 0 Å². The van der Waals surface area contributed by atoms with Gasteiger partial charge in [0.25, 0.3) is 0 Å². The zero-order chi connectivity index (χ0) is 12.3. The predicted molar refractivity (Wildman–Crippen MR) is 76.3 cm³/mol. The van der Waals surface area contributed by atoms with Crippen LogP contribution in [-0.2, 0) is 0 Å². The van der Waals surface area contributed by atoms with E-state index in [0.29, 0.717) is 6.04 Å². The van der Waals surface area contributed by atoms with Crippen LogP contribution in [0, 0.1) is 12.8 Å². The van der Waals surface area contributed by atoms with Gasteiger partial charge in [0.15, 0.2) is 0 Å².